The van der Waals surface area contributed by atoms with Crippen molar-refractivity contribution in [3.05, 3.63) is 57.8 Å². The van der Waals surface area contributed by atoms with E-state index in [1.165, 1.54) is 23.9 Å². The van der Waals surface area contributed by atoms with Crippen LogP contribution in [0.1, 0.15) is 21.6 Å². The van der Waals surface area contributed by atoms with Crippen molar-refractivity contribution >= 4 is 11.7 Å². The van der Waals surface area contributed by atoms with Crippen molar-refractivity contribution in [2.75, 3.05) is 12.8 Å². The Morgan fingerprint density at radius 3 is 2.80 bits per heavy atom. The standard InChI is InChI=1S/C14H15N3O3/c1-9-5-13(18)17(8-12(9)15)7-11-4-3-10(6-16-11)14(19)20-2/h3-6,8H,7,15H2,1-2H3. The Labute approximate surface area is 115 Å². The van der Waals surface area contributed by atoms with Gasteiger partial charge >= 0.3 is 5.97 Å². The van der Waals surface area contributed by atoms with Gasteiger partial charge < -0.3 is 15.0 Å². The third kappa shape index (κ3) is 2.85. The molecule has 0 saturated heterocycles. The molecule has 2 heterocycles. The predicted octanol–water partition coefficient (Wildman–Crippen LogP) is 0.969. The second-order valence-electron chi connectivity index (χ2n) is 4.41. The van der Waals surface area contributed by atoms with Crippen molar-refractivity contribution in [2.24, 2.45) is 0 Å². The number of hydrogen-bond donors (Lipinski definition) is 1. The van der Waals surface area contributed by atoms with Crippen molar-refractivity contribution in [3.63, 3.8) is 0 Å². The first-order chi connectivity index (χ1) is 9.51. The molecular formula is C14H15N3O3. The van der Waals surface area contributed by atoms with Gasteiger partial charge in [0.25, 0.3) is 5.56 Å². The summed E-state index contributed by atoms with van der Waals surface area (Å²) in [5.74, 6) is -0.444. The minimum atomic E-state index is -0.444. The molecule has 0 aliphatic heterocycles. The molecular weight excluding hydrogens is 258 g/mol. The molecule has 0 bridgehead atoms. The van der Waals surface area contributed by atoms with Crippen LogP contribution in [0.4, 0.5) is 5.69 Å². The zero-order chi connectivity index (χ0) is 14.7. The number of methoxy groups -OCH3 is 1. The van der Waals surface area contributed by atoms with Gasteiger partial charge in [-0.25, -0.2) is 4.79 Å². The summed E-state index contributed by atoms with van der Waals surface area (Å²) in [5.41, 5.74) is 7.97. The number of pyridine rings is 2. The molecule has 0 fully saturated rings. The average molecular weight is 273 g/mol. The Hall–Kier alpha value is -2.63. The highest BCUT2D eigenvalue weighted by molar-refractivity contribution is 5.88. The van der Waals surface area contributed by atoms with E-state index in [0.29, 0.717) is 23.5 Å². The van der Waals surface area contributed by atoms with Gasteiger partial charge in [-0.05, 0) is 24.6 Å². The van der Waals surface area contributed by atoms with Crippen molar-refractivity contribution in [1.29, 1.82) is 0 Å². The Balaban J connectivity index is 2.25. The molecule has 0 saturated carbocycles. The summed E-state index contributed by atoms with van der Waals surface area (Å²) < 4.78 is 6.07. The summed E-state index contributed by atoms with van der Waals surface area (Å²) in [4.78, 5) is 27.2. The van der Waals surface area contributed by atoms with E-state index < -0.39 is 5.97 Å². The zero-order valence-corrected chi connectivity index (χ0v) is 11.3. The number of carbonyl (C=O) groups excluding carboxylic acids is 1. The molecule has 6 nitrogen and oxygen atoms in total. The highest BCUT2D eigenvalue weighted by Crippen LogP contribution is 2.08. The number of nitrogens with two attached hydrogens (primary N) is 1. The highest BCUT2D eigenvalue weighted by Gasteiger charge is 2.07. The van der Waals surface area contributed by atoms with Gasteiger partial charge in [-0.2, -0.15) is 0 Å². The minimum Gasteiger partial charge on any atom is -0.465 e. The van der Waals surface area contributed by atoms with Crippen LogP contribution in [0.25, 0.3) is 0 Å². The van der Waals surface area contributed by atoms with E-state index in [-0.39, 0.29) is 5.56 Å². The summed E-state index contributed by atoms with van der Waals surface area (Å²) in [6.45, 7) is 2.08. The van der Waals surface area contributed by atoms with Crippen molar-refractivity contribution in [3.8, 4) is 0 Å². The molecule has 0 radical (unpaired) electrons. The number of rotatable bonds is 3. The Bertz CT molecular complexity index is 690. The second kappa shape index (κ2) is 5.56. The van der Waals surface area contributed by atoms with Gasteiger partial charge in [0.2, 0.25) is 0 Å². The third-order valence-corrected chi connectivity index (χ3v) is 2.95. The first kappa shape index (κ1) is 13.8. The highest BCUT2D eigenvalue weighted by atomic mass is 16.5. The first-order valence-corrected chi connectivity index (χ1v) is 6.01. The van der Waals surface area contributed by atoms with Gasteiger partial charge in [0.15, 0.2) is 0 Å². The maximum atomic E-state index is 11.8. The number of nitrogen functional groups attached to an aromatic ring is 1. The Kier molecular flexibility index (Phi) is 3.84. The van der Waals surface area contributed by atoms with Crippen molar-refractivity contribution in [1.82, 2.24) is 9.55 Å². The lowest BCUT2D eigenvalue weighted by atomic mass is 10.2. The molecule has 2 aromatic heterocycles. The maximum Gasteiger partial charge on any atom is 0.339 e. The van der Waals surface area contributed by atoms with Gasteiger partial charge in [0.1, 0.15) is 0 Å². The number of aryl methyl sites for hydroxylation is 1. The Morgan fingerprint density at radius 1 is 1.45 bits per heavy atom. The van der Waals surface area contributed by atoms with Crippen LogP contribution >= 0.6 is 0 Å². The van der Waals surface area contributed by atoms with Gasteiger partial charge in [-0.3, -0.25) is 9.78 Å². The molecule has 0 spiro atoms. The van der Waals surface area contributed by atoms with Gasteiger partial charge in [0.05, 0.1) is 30.6 Å². The minimum absolute atomic E-state index is 0.143. The smallest absolute Gasteiger partial charge is 0.339 e. The zero-order valence-electron chi connectivity index (χ0n) is 11.3. The molecule has 0 unspecified atom stereocenters. The van der Waals surface area contributed by atoms with E-state index in [9.17, 15) is 9.59 Å². The molecule has 0 aromatic carbocycles. The van der Waals surface area contributed by atoms with E-state index in [0.717, 1.165) is 5.56 Å². The van der Waals surface area contributed by atoms with Crippen molar-refractivity contribution < 1.29 is 9.53 Å². The number of aromatic nitrogens is 2. The molecule has 2 N–H and O–H groups in total. The number of esters is 1. The number of ether oxygens (including phenoxy) is 1. The molecule has 6 heteroatoms. The summed E-state index contributed by atoms with van der Waals surface area (Å²) >= 11 is 0. The van der Waals surface area contributed by atoms with E-state index >= 15 is 0 Å². The summed E-state index contributed by atoms with van der Waals surface area (Å²) in [7, 11) is 1.31. The van der Waals surface area contributed by atoms with Crippen LogP contribution in [0.2, 0.25) is 0 Å². The molecule has 0 amide bonds. The summed E-state index contributed by atoms with van der Waals surface area (Å²) in [6.07, 6.45) is 3.01. The fraction of sp³-hybridized carbons (Fsp3) is 0.214. The second-order valence-corrected chi connectivity index (χ2v) is 4.41. The van der Waals surface area contributed by atoms with Crippen LogP contribution in [-0.2, 0) is 11.3 Å². The maximum absolute atomic E-state index is 11.8. The quantitative estimate of drug-likeness (QED) is 0.842. The van der Waals surface area contributed by atoms with Crippen LogP contribution < -0.4 is 11.3 Å². The van der Waals surface area contributed by atoms with E-state index in [2.05, 4.69) is 9.72 Å². The van der Waals surface area contributed by atoms with Gasteiger partial charge in [-0.1, -0.05) is 0 Å². The molecule has 0 atom stereocenters. The molecule has 0 aliphatic carbocycles. The predicted molar refractivity (Wildman–Crippen MR) is 74.5 cm³/mol. The normalized spacial score (nSPS) is 10.3. The Morgan fingerprint density at radius 2 is 2.20 bits per heavy atom. The van der Waals surface area contributed by atoms with Crippen LogP contribution in [-0.4, -0.2) is 22.6 Å². The van der Waals surface area contributed by atoms with Crippen molar-refractivity contribution in [2.45, 2.75) is 13.5 Å². The fourth-order valence-corrected chi connectivity index (χ4v) is 1.74. The molecule has 2 rings (SSSR count). The third-order valence-electron chi connectivity index (χ3n) is 2.95. The number of nitrogens with zero attached hydrogens (tertiary/aromatic N) is 2. The summed E-state index contributed by atoms with van der Waals surface area (Å²) in [6, 6.07) is 4.77. The molecule has 0 aliphatic rings. The molecule has 2 aromatic rings. The topological polar surface area (TPSA) is 87.2 Å². The van der Waals surface area contributed by atoms with E-state index in [1.54, 1.807) is 25.3 Å². The van der Waals surface area contributed by atoms with E-state index in [4.69, 9.17) is 5.73 Å². The fourth-order valence-electron chi connectivity index (χ4n) is 1.74. The van der Waals surface area contributed by atoms with Crippen LogP contribution in [0.3, 0.4) is 0 Å². The largest absolute Gasteiger partial charge is 0.465 e. The molecule has 20 heavy (non-hydrogen) atoms. The van der Waals surface area contributed by atoms with Crippen LogP contribution in [0.5, 0.6) is 0 Å². The number of hydrogen-bond acceptors (Lipinski definition) is 5. The van der Waals surface area contributed by atoms with Gasteiger partial charge in [0, 0.05) is 18.5 Å². The van der Waals surface area contributed by atoms with E-state index in [1.807, 2.05) is 0 Å². The average Bonchev–Trinajstić information content (AvgIpc) is 2.44. The summed E-state index contributed by atoms with van der Waals surface area (Å²) in [5, 5.41) is 0. The first-order valence-electron chi connectivity index (χ1n) is 6.01. The SMILES string of the molecule is COC(=O)c1ccc(Cn2cc(N)c(C)cc2=O)nc1. The lowest BCUT2D eigenvalue weighted by Gasteiger charge is -2.08. The molecule has 104 valence electrons. The lowest BCUT2D eigenvalue weighted by molar-refractivity contribution is 0.0600. The number of anilines is 1. The monoisotopic (exact) mass is 273 g/mol. The van der Waals surface area contributed by atoms with Crippen LogP contribution in [0.15, 0.2) is 35.4 Å². The lowest BCUT2D eigenvalue weighted by Crippen LogP contribution is -2.21. The van der Waals surface area contributed by atoms with Gasteiger partial charge in [-0.15, -0.1) is 0 Å². The van der Waals surface area contributed by atoms with Crippen LogP contribution in [0, 0.1) is 6.92 Å². The number of carbonyl (C=O) groups is 1.